The van der Waals surface area contributed by atoms with Crippen LogP contribution in [0.3, 0.4) is 0 Å². The molecule has 0 spiro atoms. The second-order valence-electron chi connectivity index (χ2n) is 6.24. The van der Waals surface area contributed by atoms with Gasteiger partial charge in [0.1, 0.15) is 17.0 Å². The number of hydrogen-bond donors (Lipinski definition) is 2. The maximum atomic E-state index is 10.6. The first-order valence-corrected chi connectivity index (χ1v) is 8.95. The van der Waals surface area contributed by atoms with E-state index in [2.05, 4.69) is 15.0 Å². The highest BCUT2D eigenvalue weighted by Crippen LogP contribution is 2.29. The van der Waals surface area contributed by atoms with E-state index in [0.29, 0.717) is 29.5 Å². The van der Waals surface area contributed by atoms with Crippen LogP contribution in [0.1, 0.15) is 6.92 Å². The van der Waals surface area contributed by atoms with E-state index in [1.165, 1.54) is 0 Å². The smallest absolute Gasteiger partial charge is 0.341 e. The molecule has 0 amide bonds. The van der Waals surface area contributed by atoms with Crippen LogP contribution in [-0.4, -0.2) is 42.2 Å². The number of nitrogens with two attached hydrogens (primary N) is 1. The molecule has 0 unspecified atom stereocenters. The molecular weight excluding hydrogens is 372 g/mol. The number of nitrogens with zero attached hydrogens (tertiary/aromatic N) is 5. The number of nitrogen functional groups attached to an aromatic ring is 1. The van der Waals surface area contributed by atoms with E-state index in [4.69, 9.17) is 20.6 Å². The molecule has 0 radical (unpaired) electrons. The van der Waals surface area contributed by atoms with Crippen LogP contribution >= 0.6 is 0 Å². The summed E-state index contributed by atoms with van der Waals surface area (Å²) in [6.45, 7) is 2.32. The molecular formula is C20H18N6O3. The normalized spacial score (nSPS) is 10.9. The lowest BCUT2D eigenvalue weighted by molar-refractivity contribution is -0.139. The number of hydrogen-bond acceptors (Lipinski definition) is 7. The van der Waals surface area contributed by atoms with Crippen LogP contribution in [0.5, 0.6) is 5.75 Å². The Hall–Kier alpha value is -4.01. The van der Waals surface area contributed by atoms with Gasteiger partial charge in [-0.2, -0.15) is 0 Å². The first kappa shape index (κ1) is 18.4. The number of carboxylic acid groups (broad SMARTS) is 1. The van der Waals surface area contributed by atoms with Crippen molar-refractivity contribution in [1.82, 2.24) is 24.5 Å². The molecule has 0 aliphatic heterocycles. The van der Waals surface area contributed by atoms with Crippen molar-refractivity contribution in [3.05, 3.63) is 48.9 Å². The standard InChI is InChI=1S/C20H18N6O3/c1-2-26-16-7-8-22-9-15(16)25-20(26)18-19(21)23-10-14(24-18)12-3-5-13(6-4-12)29-11-17(27)28/h3-10H,2,11H2,1H3,(H2,21,23)(H,27,28). The highest BCUT2D eigenvalue weighted by atomic mass is 16.5. The maximum Gasteiger partial charge on any atom is 0.341 e. The van der Waals surface area contributed by atoms with Gasteiger partial charge in [-0.25, -0.2) is 19.7 Å². The first-order valence-electron chi connectivity index (χ1n) is 8.95. The fraction of sp³-hybridized carbons (Fsp3) is 0.150. The first-order chi connectivity index (χ1) is 14.1. The number of carbonyl (C=O) groups is 1. The lowest BCUT2D eigenvalue weighted by atomic mass is 10.1. The summed E-state index contributed by atoms with van der Waals surface area (Å²) in [4.78, 5) is 28.4. The minimum atomic E-state index is -1.03. The molecule has 3 heterocycles. The van der Waals surface area contributed by atoms with Gasteiger partial charge in [-0.15, -0.1) is 0 Å². The van der Waals surface area contributed by atoms with E-state index in [-0.39, 0.29) is 5.82 Å². The van der Waals surface area contributed by atoms with Crippen LogP contribution < -0.4 is 10.5 Å². The summed E-state index contributed by atoms with van der Waals surface area (Å²) < 4.78 is 7.18. The number of aliphatic carboxylic acids is 1. The zero-order valence-corrected chi connectivity index (χ0v) is 15.6. The number of rotatable bonds is 6. The fourth-order valence-corrected chi connectivity index (χ4v) is 3.05. The van der Waals surface area contributed by atoms with Crippen molar-refractivity contribution in [2.45, 2.75) is 13.5 Å². The molecule has 4 aromatic rings. The fourth-order valence-electron chi connectivity index (χ4n) is 3.05. The van der Waals surface area contributed by atoms with Crippen LogP contribution in [-0.2, 0) is 11.3 Å². The zero-order chi connectivity index (χ0) is 20.4. The average Bonchev–Trinajstić information content (AvgIpc) is 3.11. The van der Waals surface area contributed by atoms with Crippen molar-refractivity contribution in [3.63, 3.8) is 0 Å². The third kappa shape index (κ3) is 3.57. The average molecular weight is 390 g/mol. The maximum absolute atomic E-state index is 10.6. The van der Waals surface area contributed by atoms with E-state index >= 15 is 0 Å². The lowest BCUT2D eigenvalue weighted by Crippen LogP contribution is -2.09. The monoisotopic (exact) mass is 390 g/mol. The molecule has 1 aromatic carbocycles. The van der Waals surface area contributed by atoms with E-state index in [1.807, 2.05) is 17.6 Å². The summed E-state index contributed by atoms with van der Waals surface area (Å²) >= 11 is 0. The van der Waals surface area contributed by atoms with Crippen molar-refractivity contribution < 1.29 is 14.6 Å². The molecule has 0 atom stereocenters. The number of ether oxygens (including phenoxy) is 1. The molecule has 0 saturated heterocycles. The van der Waals surface area contributed by atoms with E-state index in [0.717, 1.165) is 16.6 Å². The Labute approximate surface area is 165 Å². The Bertz CT molecular complexity index is 1190. The topological polar surface area (TPSA) is 129 Å². The van der Waals surface area contributed by atoms with Gasteiger partial charge in [0.25, 0.3) is 0 Å². The number of fused-ring (bicyclic) bond motifs is 1. The summed E-state index contributed by atoms with van der Waals surface area (Å²) in [7, 11) is 0. The van der Waals surface area contributed by atoms with Crippen LogP contribution in [0, 0.1) is 0 Å². The van der Waals surface area contributed by atoms with Gasteiger partial charge in [0.2, 0.25) is 0 Å². The highest BCUT2D eigenvalue weighted by Gasteiger charge is 2.17. The second-order valence-corrected chi connectivity index (χ2v) is 6.24. The number of pyridine rings is 1. The second kappa shape index (κ2) is 7.55. The summed E-state index contributed by atoms with van der Waals surface area (Å²) in [6, 6.07) is 8.84. The minimum Gasteiger partial charge on any atom is -0.482 e. The quantitative estimate of drug-likeness (QED) is 0.514. The Morgan fingerprint density at radius 1 is 1.17 bits per heavy atom. The van der Waals surface area contributed by atoms with Gasteiger partial charge < -0.3 is 20.1 Å². The van der Waals surface area contributed by atoms with Gasteiger partial charge in [0.05, 0.1) is 23.6 Å². The Balaban J connectivity index is 1.73. The predicted molar refractivity (Wildman–Crippen MR) is 107 cm³/mol. The predicted octanol–water partition coefficient (Wildman–Crippen LogP) is 2.62. The van der Waals surface area contributed by atoms with Crippen molar-refractivity contribution >= 4 is 22.8 Å². The molecule has 3 N–H and O–H groups in total. The number of anilines is 1. The van der Waals surface area contributed by atoms with Crippen LogP contribution in [0.15, 0.2) is 48.9 Å². The minimum absolute atomic E-state index is 0.285. The van der Waals surface area contributed by atoms with Gasteiger partial charge >= 0.3 is 5.97 Å². The third-order valence-corrected chi connectivity index (χ3v) is 4.39. The molecule has 29 heavy (non-hydrogen) atoms. The summed E-state index contributed by atoms with van der Waals surface area (Å²) in [5.41, 5.74) is 9.73. The SMILES string of the molecule is CCn1c(-c2nc(-c3ccc(OCC(=O)O)cc3)cnc2N)nc2cnccc21. The van der Waals surface area contributed by atoms with Gasteiger partial charge in [0, 0.05) is 18.3 Å². The molecule has 9 heteroatoms. The zero-order valence-electron chi connectivity index (χ0n) is 15.6. The van der Waals surface area contributed by atoms with E-state index < -0.39 is 12.6 Å². The number of benzene rings is 1. The van der Waals surface area contributed by atoms with Crippen molar-refractivity contribution in [2.24, 2.45) is 0 Å². The molecule has 0 saturated carbocycles. The number of carboxylic acids is 1. The number of imidazole rings is 1. The third-order valence-electron chi connectivity index (χ3n) is 4.39. The molecule has 0 aliphatic rings. The van der Waals surface area contributed by atoms with Gasteiger partial charge in [0.15, 0.2) is 18.2 Å². The van der Waals surface area contributed by atoms with Crippen LogP contribution in [0.2, 0.25) is 0 Å². The highest BCUT2D eigenvalue weighted by molar-refractivity contribution is 5.81. The summed E-state index contributed by atoms with van der Waals surface area (Å²) in [5.74, 6) is 0.342. The largest absolute Gasteiger partial charge is 0.482 e. The van der Waals surface area contributed by atoms with Crippen molar-refractivity contribution in [1.29, 1.82) is 0 Å². The molecule has 4 rings (SSSR count). The molecule has 0 fully saturated rings. The van der Waals surface area contributed by atoms with Crippen LogP contribution in [0.25, 0.3) is 33.8 Å². The molecule has 0 bridgehead atoms. The summed E-state index contributed by atoms with van der Waals surface area (Å²) in [5, 5.41) is 8.70. The molecule has 9 nitrogen and oxygen atoms in total. The van der Waals surface area contributed by atoms with Crippen LogP contribution in [0.4, 0.5) is 5.82 Å². The molecule has 0 aliphatic carbocycles. The Morgan fingerprint density at radius 3 is 2.69 bits per heavy atom. The van der Waals surface area contributed by atoms with Gasteiger partial charge in [-0.05, 0) is 37.3 Å². The van der Waals surface area contributed by atoms with E-state index in [1.54, 1.807) is 42.9 Å². The van der Waals surface area contributed by atoms with Gasteiger partial charge in [-0.1, -0.05) is 0 Å². The van der Waals surface area contributed by atoms with E-state index in [9.17, 15) is 4.79 Å². The lowest BCUT2D eigenvalue weighted by Gasteiger charge is -2.10. The summed E-state index contributed by atoms with van der Waals surface area (Å²) in [6.07, 6.45) is 5.01. The van der Waals surface area contributed by atoms with Crippen molar-refractivity contribution in [2.75, 3.05) is 12.3 Å². The Kier molecular flexibility index (Phi) is 4.78. The van der Waals surface area contributed by atoms with Crippen molar-refractivity contribution in [3.8, 4) is 28.5 Å². The number of aromatic nitrogens is 5. The molecule has 146 valence electrons. The molecule has 3 aromatic heterocycles. The van der Waals surface area contributed by atoms with Gasteiger partial charge in [-0.3, -0.25) is 4.98 Å². The number of aryl methyl sites for hydroxylation is 1. The Morgan fingerprint density at radius 2 is 1.97 bits per heavy atom.